The highest BCUT2D eigenvalue weighted by molar-refractivity contribution is 5.98. The van der Waals surface area contributed by atoms with Crippen LogP contribution in [0.3, 0.4) is 0 Å². The van der Waals surface area contributed by atoms with E-state index in [2.05, 4.69) is 105 Å². The fraction of sp³-hybridized carbons (Fsp3) is 0.355. The zero-order chi connectivity index (χ0) is 23.2. The van der Waals surface area contributed by atoms with Crippen LogP contribution in [0.5, 0.6) is 0 Å². The number of nitrogens with zero attached hydrogens (tertiary/aromatic N) is 1. The van der Waals surface area contributed by atoms with E-state index in [1.807, 2.05) is 0 Å². The molecule has 0 saturated carbocycles. The molecule has 3 aromatic rings. The molecule has 1 aliphatic rings. The van der Waals surface area contributed by atoms with Gasteiger partial charge in [0, 0.05) is 31.7 Å². The van der Waals surface area contributed by atoms with Gasteiger partial charge in [-0.15, -0.1) is 0 Å². The second-order valence-electron chi connectivity index (χ2n) is 9.63. The molecule has 2 nitrogen and oxygen atoms in total. The maximum Gasteiger partial charge on any atom is 0.0431 e. The summed E-state index contributed by atoms with van der Waals surface area (Å²) in [5, 5.41) is 9.40. The normalized spacial score (nSPS) is 15.4. The first-order chi connectivity index (χ1) is 16.1. The van der Waals surface area contributed by atoms with E-state index in [0.29, 0.717) is 12.0 Å². The summed E-state index contributed by atoms with van der Waals surface area (Å²) < 4.78 is 0. The average Bonchev–Trinajstić information content (AvgIpc) is 2.80. The topological polar surface area (TPSA) is 23.5 Å². The second-order valence-corrected chi connectivity index (χ2v) is 9.63. The van der Waals surface area contributed by atoms with E-state index >= 15 is 0 Å². The Kier molecular flexibility index (Phi) is 7.80. The van der Waals surface area contributed by atoms with Crippen LogP contribution in [0.4, 0.5) is 0 Å². The molecule has 0 aromatic heterocycles. The molecule has 0 amide bonds. The van der Waals surface area contributed by atoms with Gasteiger partial charge in [-0.05, 0) is 73.4 Å². The molecule has 1 aliphatic heterocycles. The zero-order valence-electron chi connectivity index (χ0n) is 20.3. The van der Waals surface area contributed by atoms with Crippen molar-refractivity contribution in [3.05, 3.63) is 107 Å². The third-order valence-corrected chi connectivity index (χ3v) is 6.91. The number of benzene rings is 3. The first-order valence-electron chi connectivity index (χ1n) is 12.4. The van der Waals surface area contributed by atoms with Crippen LogP contribution in [0.1, 0.15) is 66.8 Å². The third-order valence-electron chi connectivity index (χ3n) is 6.91. The Morgan fingerprint density at radius 3 is 2.00 bits per heavy atom. The number of allylic oxidation sites excluding steroid dienone is 1. The van der Waals surface area contributed by atoms with Gasteiger partial charge in [0.05, 0.1) is 0 Å². The van der Waals surface area contributed by atoms with E-state index in [1.165, 1.54) is 39.0 Å². The van der Waals surface area contributed by atoms with Crippen LogP contribution in [0.2, 0.25) is 0 Å². The second kappa shape index (κ2) is 11.0. The van der Waals surface area contributed by atoms with E-state index in [4.69, 9.17) is 0 Å². The van der Waals surface area contributed by atoms with Crippen molar-refractivity contribution < 1.29 is 5.11 Å². The predicted octanol–water partition coefficient (Wildman–Crippen LogP) is 6.92. The van der Waals surface area contributed by atoms with E-state index in [9.17, 15) is 5.11 Å². The molecule has 0 atom stereocenters. The predicted molar refractivity (Wildman–Crippen MR) is 140 cm³/mol. The van der Waals surface area contributed by atoms with Crippen molar-refractivity contribution in [2.75, 3.05) is 19.7 Å². The van der Waals surface area contributed by atoms with E-state index in [0.717, 1.165) is 32.4 Å². The van der Waals surface area contributed by atoms with Gasteiger partial charge in [-0.3, -0.25) is 4.90 Å². The van der Waals surface area contributed by atoms with Gasteiger partial charge in [0.1, 0.15) is 0 Å². The molecule has 1 N–H and O–H groups in total. The molecule has 2 heteroatoms. The molecule has 1 heterocycles. The molecule has 3 aromatic carbocycles. The number of hydrogen-bond acceptors (Lipinski definition) is 2. The SMILES string of the molecule is Cc1ccc(/C(=C(\CCCCO)c2ccccc2)c2ccc(C3CN(C(C)C)C3)cc2)cc1. The molecular formula is C31H37NO. The van der Waals surface area contributed by atoms with Crippen molar-refractivity contribution >= 4 is 11.1 Å². The summed E-state index contributed by atoms with van der Waals surface area (Å²) in [7, 11) is 0. The monoisotopic (exact) mass is 439 g/mol. The summed E-state index contributed by atoms with van der Waals surface area (Å²) in [5.41, 5.74) is 9.17. The number of unbranched alkanes of at least 4 members (excludes halogenated alkanes) is 1. The number of hydrogen-bond donors (Lipinski definition) is 1. The minimum Gasteiger partial charge on any atom is -0.396 e. The quantitative estimate of drug-likeness (QED) is 0.289. The van der Waals surface area contributed by atoms with Crippen LogP contribution in [-0.4, -0.2) is 35.7 Å². The number of likely N-dealkylation sites (tertiary alicyclic amines) is 1. The largest absolute Gasteiger partial charge is 0.396 e. The van der Waals surface area contributed by atoms with Crippen molar-refractivity contribution in [3.8, 4) is 0 Å². The minimum absolute atomic E-state index is 0.241. The maximum absolute atomic E-state index is 9.40. The van der Waals surface area contributed by atoms with Gasteiger partial charge in [0.2, 0.25) is 0 Å². The smallest absolute Gasteiger partial charge is 0.0431 e. The highest BCUT2D eigenvalue weighted by Crippen LogP contribution is 2.37. The Balaban J connectivity index is 1.75. The molecular weight excluding hydrogens is 402 g/mol. The zero-order valence-corrected chi connectivity index (χ0v) is 20.3. The van der Waals surface area contributed by atoms with Gasteiger partial charge in [-0.1, -0.05) is 84.4 Å². The molecule has 4 rings (SSSR count). The molecule has 1 saturated heterocycles. The minimum atomic E-state index is 0.241. The Labute approximate surface area is 199 Å². The standard InChI is InChI=1S/C31H37NO/c1-23(2)32-21-29(22-32)25-16-18-28(19-17-25)31(27-14-12-24(3)13-15-27)30(11-7-8-20-33)26-9-5-4-6-10-26/h4-6,9-10,12-19,23,29,33H,7-8,11,20-22H2,1-3H3/b31-30-. The first-order valence-corrected chi connectivity index (χ1v) is 12.4. The fourth-order valence-electron chi connectivity index (χ4n) is 4.77. The molecule has 0 aliphatic carbocycles. The van der Waals surface area contributed by atoms with Gasteiger partial charge in [0.25, 0.3) is 0 Å². The van der Waals surface area contributed by atoms with Crippen molar-refractivity contribution in [2.24, 2.45) is 0 Å². The number of rotatable bonds is 9. The summed E-state index contributed by atoms with van der Waals surface area (Å²) in [6.07, 6.45) is 2.74. The molecule has 0 bridgehead atoms. The third kappa shape index (κ3) is 5.63. The number of aliphatic hydroxyl groups excluding tert-OH is 1. The average molecular weight is 440 g/mol. The van der Waals surface area contributed by atoms with E-state index < -0.39 is 0 Å². The molecule has 33 heavy (non-hydrogen) atoms. The Hall–Kier alpha value is -2.68. The van der Waals surface area contributed by atoms with Gasteiger partial charge in [0.15, 0.2) is 0 Å². The lowest BCUT2D eigenvalue weighted by Gasteiger charge is -2.42. The summed E-state index contributed by atoms with van der Waals surface area (Å²) in [5.74, 6) is 0.645. The molecule has 0 spiro atoms. The molecule has 0 radical (unpaired) electrons. The lowest BCUT2D eigenvalue weighted by Crippen LogP contribution is -2.48. The van der Waals surface area contributed by atoms with Gasteiger partial charge in [-0.2, -0.15) is 0 Å². The van der Waals surface area contributed by atoms with Crippen molar-refractivity contribution in [1.82, 2.24) is 4.90 Å². The van der Waals surface area contributed by atoms with Crippen molar-refractivity contribution in [1.29, 1.82) is 0 Å². The number of aryl methyl sites for hydroxylation is 1. The summed E-state index contributed by atoms with van der Waals surface area (Å²) in [6.45, 7) is 9.26. The highest BCUT2D eigenvalue weighted by atomic mass is 16.2. The first kappa shape index (κ1) is 23.5. The van der Waals surface area contributed by atoms with Crippen LogP contribution in [0.15, 0.2) is 78.9 Å². The van der Waals surface area contributed by atoms with Crippen molar-refractivity contribution in [3.63, 3.8) is 0 Å². The van der Waals surface area contributed by atoms with Crippen molar-refractivity contribution in [2.45, 2.75) is 52.0 Å². The molecule has 172 valence electrons. The van der Waals surface area contributed by atoms with Gasteiger partial charge >= 0.3 is 0 Å². The molecule has 1 fully saturated rings. The van der Waals surface area contributed by atoms with Crippen LogP contribution >= 0.6 is 0 Å². The van der Waals surface area contributed by atoms with Crippen LogP contribution < -0.4 is 0 Å². The maximum atomic E-state index is 9.40. The summed E-state index contributed by atoms with van der Waals surface area (Å²) in [6, 6.07) is 29.6. The Bertz CT molecular complexity index is 1040. The van der Waals surface area contributed by atoms with Gasteiger partial charge in [-0.25, -0.2) is 0 Å². The van der Waals surface area contributed by atoms with Crippen LogP contribution in [-0.2, 0) is 0 Å². The Morgan fingerprint density at radius 1 is 0.818 bits per heavy atom. The van der Waals surface area contributed by atoms with Crippen LogP contribution in [0.25, 0.3) is 11.1 Å². The molecule has 0 unspecified atom stereocenters. The summed E-state index contributed by atoms with van der Waals surface area (Å²) >= 11 is 0. The van der Waals surface area contributed by atoms with Gasteiger partial charge < -0.3 is 5.11 Å². The lowest BCUT2D eigenvalue weighted by molar-refractivity contribution is 0.110. The summed E-state index contributed by atoms with van der Waals surface area (Å²) in [4.78, 5) is 2.53. The lowest BCUT2D eigenvalue weighted by atomic mass is 9.85. The van der Waals surface area contributed by atoms with Crippen LogP contribution in [0, 0.1) is 6.92 Å². The van der Waals surface area contributed by atoms with E-state index in [1.54, 1.807) is 0 Å². The fourth-order valence-corrected chi connectivity index (χ4v) is 4.77. The van der Waals surface area contributed by atoms with E-state index in [-0.39, 0.29) is 6.61 Å². The highest BCUT2D eigenvalue weighted by Gasteiger charge is 2.29. The number of aliphatic hydroxyl groups is 1. The Morgan fingerprint density at radius 2 is 1.42 bits per heavy atom.